The Bertz CT molecular complexity index is 803. The highest BCUT2D eigenvalue weighted by molar-refractivity contribution is 5.91. The smallest absolute Gasteiger partial charge is 0.339 e. The van der Waals surface area contributed by atoms with Crippen LogP contribution in [-0.4, -0.2) is 16.2 Å². The van der Waals surface area contributed by atoms with Crippen molar-refractivity contribution in [1.29, 1.82) is 10.5 Å². The first-order valence-electron chi connectivity index (χ1n) is 5.73. The van der Waals surface area contributed by atoms with E-state index in [4.69, 9.17) is 20.0 Å². The van der Waals surface area contributed by atoms with E-state index in [1.54, 1.807) is 24.3 Å². The zero-order chi connectivity index (χ0) is 15.4. The predicted octanol–water partition coefficient (Wildman–Crippen LogP) is 2.78. The summed E-state index contributed by atoms with van der Waals surface area (Å²) < 4.78 is 5.42. The highest BCUT2D eigenvalue weighted by atomic mass is 16.4. The van der Waals surface area contributed by atoms with Gasteiger partial charge in [0, 0.05) is 11.6 Å². The summed E-state index contributed by atoms with van der Waals surface area (Å²) in [5, 5.41) is 35.8. The number of nitriles is 2. The number of carboxylic acids is 1. The van der Waals surface area contributed by atoms with Crippen molar-refractivity contribution in [3.8, 4) is 29.2 Å². The average Bonchev–Trinajstić information content (AvgIpc) is 2.92. The van der Waals surface area contributed by atoms with Gasteiger partial charge in [0.15, 0.2) is 0 Å². The predicted molar refractivity (Wildman–Crippen MR) is 72.0 cm³/mol. The highest BCUT2D eigenvalue weighted by Gasteiger charge is 2.12. The Morgan fingerprint density at radius 1 is 1.19 bits per heavy atom. The van der Waals surface area contributed by atoms with Gasteiger partial charge in [0.05, 0.1) is 0 Å². The first-order chi connectivity index (χ1) is 10.0. The number of carbonyl (C=O) groups is 1. The number of allylic oxidation sites excluding steroid dienone is 1. The SMILES string of the molecule is N#CC(C#N)=Cc1ccc(-c2ccc(C(=O)O)c(O)c2)o1. The van der Waals surface area contributed by atoms with Gasteiger partial charge in [-0.1, -0.05) is 6.07 Å². The van der Waals surface area contributed by atoms with Gasteiger partial charge >= 0.3 is 5.97 Å². The number of benzene rings is 1. The maximum Gasteiger partial charge on any atom is 0.339 e. The van der Waals surface area contributed by atoms with Crippen LogP contribution in [0.4, 0.5) is 0 Å². The highest BCUT2D eigenvalue weighted by Crippen LogP contribution is 2.28. The van der Waals surface area contributed by atoms with Crippen molar-refractivity contribution in [3.05, 3.63) is 47.2 Å². The van der Waals surface area contributed by atoms with Crippen molar-refractivity contribution in [2.24, 2.45) is 0 Å². The van der Waals surface area contributed by atoms with E-state index >= 15 is 0 Å². The van der Waals surface area contributed by atoms with Gasteiger partial charge in [-0.3, -0.25) is 0 Å². The lowest BCUT2D eigenvalue weighted by molar-refractivity contribution is 0.0694. The summed E-state index contributed by atoms with van der Waals surface area (Å²) >= 11 is 0. The molecule has 1 aromatic carbocycles. The van der Waals surface area contributed by atoms with Crippen molar-refractivity contribution in [3.63, 3.8) is 0 Å². The zero-order valence-corrected chi connectivity index (χ0v) is 10.6. The van der Waals surface area contributed by atoms with Crippen LogP contribution in [0.2, 0.25) is 0 Å². The summed E-state index contributed by atoms with van der Waals surface area (Å²) in [5.41, 5.74) is 0.175. The lowest BCUT2D eigenvalue weighted by Crippen LogP contribution is -1.96. The van der Waals surface area contributed by atoms with Gasteiger partial charge in [0.25, 0.3) is 0 Å². The molecule has 0 saturated heterocycles. The Hall–Kier alpha value is -3.51. The third kappa shape index (κ3) is 2.91. The lowest BCUT2D eigenvalue weighted by Gasteiger charge is -2.02. The fraction of sp³-hybridized carbons (Fsp3) is 0. The molecule has 2 rings (SSSR count). The Kier molecular flexibility index (Phi) is 3.74. The van der Waals surface area contributed by atoms with E-state index in [0.717, 1.165) is 0 Å². The van der Waals surface area contributed by atoms with Crippen LogP contribution in [0.5, 0.6) is 5.75 Å². The molecule has 1 aromatic heterocycles. The maximum atomic E-state index is 10.8. The minimum atomic E-state index is -1.23. The Labute approximate surface area is 119 Å². The summed E-state index contributed by atoms with van der Waals surface area (Å²) in [4.78, 5) is 10.8. The van der Waals surface area contributed by atoms with Gasteiger partial charge in [0.2, 0.25) is 0 Å². The quantitative estimate of drug-likeness (QED) is 0.834. The molecule has 0 aliphatic rings. The van der Waals surface area contributed by atoms with Crippen molar-refractivity contribution in [2.75, 3.05) is 0 Å². The van der Waals surface area contributed by atoms with Crippen molar-refractivity contribution in [1.82, 2.24) is 0 Å². The molecule has 0 radical (unpaired) electrons. The molecule has 102 valence electrons. The van der Waals surface area contributed by atoms with E-state index in [1.807, 2.05) is 0 Å². The van der Waals surface area contributed by atoms with Crippen molar-refractivity contribution < 1.29 is 19.4 Å². The summed E-state index contributed by atoms with van der Waals surface area (Å²) in [6.07, 6.45) is 1.29. The molecule has 0 aliphatic heterocycles. The summed E-state index contributed by atoms with van der Waals surface area (Å²) in [7, 11) is 0. The second-order valence-electron chi connectivity index (χ2n) is 4.02. The monoisotopic (exact) mass is 280 g/mol. The molecule has 21 heavy (non-hydrogen) atoms. The van der Waals surface area contributed by atoms with E-state index < -0.39 is 5.97 Å². The number of rotatable bonds is 3. The third-order valence-electron chi connectivity index (χ3n) is 2.67. The number of aromatic hydroxyl groups is 1. The molecule has 0 fully saturated rings. The first-order valence-corrected chi connectivity index (χ1v) is 5.73. The molecule has 0 bridgehead atoms. The van der Waals surface area contributed by atoms with Crippen LogP contribution < -0.4 is 0 Å². The minimum Gasteiger partial charge on any atom is -0.507 e. The second kappa shape index (κ2) is 5.64. The number of hydrogen-bond acceptors (Lipinski definition) is 5. The lowest BCUT2D eigenvalue weighted by atomic mass is 10.1. The van der Waals surface area contributed by atoms with Crippen molar-refractivity contribution in [2.45, 2.75) is 0 Å². The van der Waals surface area contributed by atoms with Crippen LogP contribution in [0, 0.1) is 22.7 Å². The van der Waals surface area contributed by atoms with Gasteiger partial charge in [0.1, 0.15) is 40.5 Å². The van der Waals surface area contributed by atoms with E-state index in [2.05, 4.69) is 0 Å². The Morgan fingerprint density at radius 2 is 1.90 bits per heavy atom. The van der Waals surface area contributed by atoms with Crippen LogP contribution in [-0.2, 0) is 0 Å². The van der Waals surface area contributed by atoms with Crippen LogP contribution >= 0.6 is 0 Å². The van der Waals surface area contributed by atoms with Crippen molar-refractivity contribution >= 4 is 12.0 Å². The van der Waals surface area contributed by atoms with Gasteiger partial charge in [-0.05, 0) is 24.3 Å². The molecule has 6 nitrogen and oxygen atoms in total. The summed E-state index contributed by atoms with van der Waals surface area (Å²) in [5.74, 6) is -0.911. The molecule has 2 aromatic rings. The molecule has 0 atom stereocenters. The minimum absolute atomic E-state index is 0.0972. The van der Waals surface area contributed by atoms with Gasteiger partial charge in [-0.25, -0.2) is 4.79 Å². The Balaban J connectivity index is 2.37. The van der Waals surface area contributed by atoms with E-state index in [9.17, 15) is 9.90 Å². The Morgan fingerprint density at radius 3 is 2.48 bits per heavy atom. The molecule has 6 heteroatoms. The van der Waals surface area contributed by atoms with Gasteiger partial charge in [-0.15, -0.1) is 0 Å². The second-order valence-corrected chi connectivity index (χ2v) is 4.02. The number of furan rings is 1. The molecule has 0 spiro atoms. The number of aromatic carboxylic acids is 1. The fourth-order valence-electron chi connectivity index (χ4n) is 1.68. The molecular formula is C15H8N2O4. The standard InChI is InChI=1S/C15H8N2O4/c16-7-9(8-17)5-11-2-4-14(21-11)10-1-3-12(15(19)20)13(18)6-10/h1-6,18H,(H,19,20). The third-order valence-corrected chi connectivity index (χ3v) is 2.67. The molecule has 0 aliphatic carbocycles. The molecule has 2 N–H and O–H groups in total. The molecule has 0 saturated carbocycles. The number of phenols is 1. The number of nitrogens with zero attached hydrogens (tertiary/aromatic N) is 2. The average molecular weight is 280 g/mol. The van der Waals surface area contributed by atoms with Crippen LogP contribution in [0.3, 0.4) is 0 Å². The van der Waals surface area contributed by atoms with E-state index in [0.29, 0.717) is 17.1 Å². The van der Waals surface area contributed by atoms with Gasteiger partial charge < -0.3 is 14.6 Å². The van der Waals surface area contributed by atoms with Crippen LogP contribution in [0.25, 0.3) is 17.4 Å². The van der Waals surface area contributed by atoms with E-state index in [1.165, 1.54) is 24.3 Å². The largest absolute Gasteiger partial charge is 0.507 e. The molecule has 0 unspecified atom stereocenters. The number of hydrogen-bond donors (Lipinski definition) is 2. The molecule has 1 heterocycles. The normalized spacial score (nSPS) is 9.43. The molecule has 0 amide bonds. The van der Waals surface area contributed by atoms with Crippen LogP contribution in [0.1, 0.15) is 16.1 Å². The van der Waals surface area contributed by atoms with E-state index in [-0.39, 0.29) is 16.9 Å². The summed E-state index contributed by atoms with van der Waals surface area (Å²) in [6, 6.07) is 10.6. The number of carboxylic acid groups (broad SMARTS) is 1. The van der Waals surface area contributed by atoms with Crippen LogP contribution in [0.15, 0.2) is 40.3 Å². The zero-order valence-electron chi connectivity index (χ0n) is 10.6. The maximum absolute atomic E-state index is 10.8. The first kappa shape index (κ1) is 13.9. The topological polar surface area (TPSA) is 118 Å². The fourth-order valence-corrected chi connectivity index (χ4v) is 1.68. The summed E-state index contributed by atoms with van der Waals surface area (Å²) in [6.45, 7) is 0. The van der Waals surface area contributed by atoms with Gasteiger partial charge in [-0.2, -0.15) is 10.5 Å². The molecular weight excluding hydrogens is 272 g/mol.